The fourth-order valence-electron chi connectivity index (χ4n) is 4.34. The van der Waals surface area contributed by atoms with Gasteiger partial charge in [0.2, 0.25) is 17.7 Å². The van der Waals surface area contributed by atoms with Crippen molar-refractivity contribution in [2.24, 2.45) is 5.92 Å². The Hall–Kier alpha value is -1.89. The van der Waals surface area contributed by atoms with Crippen molar-refractivity contribution in [2.75, 3.05) is 13.1 Å². The van der Waals surface area contributed by atoms with Crippen molar-refractivity contribution in [3.05, 3.63) is 21.9 Å². The highest BCUT2D eigenvalue weighted by molar-refractivity contribution is 7.10. The highest BCUT2D eigenvalue weighted by Gasteiger charge is 2.41. The summed E-state index contributed by atoms with van der Waals surface area (Å²) in [4.78, 5) is 42.7. The smallest absolute Gasteiger partial charge is 0.245 e. The second kappa shape index (κ2) is 7.02. The van der Waals surface area contributed by atoms with Gasteiger partial charge < -0.3 is 15.1 Å². The molecule has 3 aliphatic heterocycles. The van der Waals surface area contributed by atoms with Crippen LogP contribution in [0, 0.1) is 5.92 Å². The third-order valence-corrected chi connectivity index (χ3v) is 6.95. The Labute approximate surface area is 157 Å². The van der Waals surface area contributed by atoms with E-state index in [2.05, 4.69) is 23.7 Å². The van der Waals surface area contributed by atoms with Crippen molar-refractivity contribution in [3.8, 4) is 0 Å². The van der Waals surface area contributed by atoms with E-state index in [-0.39, 0.29) is 30.2 Å². The fraction of sp³-hybridized carbons (Fsp3) is 0.632. The van der Waals surface area contributed by atoms with E-state index in [1.807, 2.05) is 9.80 Å². The van der Waals surface area contributed by atoms with Crippen LogP contribution in [-0.2, 0) is 27.3 Å². The van der Waals surface area contributed by atoms with Crippen molar-refractivity contribution in [3.63, 3.8) is 0 Å². The van der Waals surface area contributed by atoms with E-state index in [1.165, 1.54) is 10.4 Å². The highest BCUT2D eigenvalue weighted by atomic mass is 32.1. The molecule has 0 aromatic carbocycles. The summed E-state index contributed by atoms with van der Waals surface area (Å²) in [6, 6.07) is 1.85. The lowest BCUT2D eigenvalue weighted by molar-refractivity contribution is -0.136. The van der Waals surface area contributed by atoms with Crippen LogP contribution in [0.3, 0.4) is 0 Å². The van der Waals surface area contributed by atoms with Gasteiger partial charge in [0, 0.05) is 42.9 Å². The first-order valence-corrected chi connectivity index (χ1v) is 10.3. The van der Waals surface area contributed by atoms with Crippen LogP contribution in [0.1, 0.15) is 43.0 Å². The molecule has 1 aromatic rings. The van der Waals surface area contributed by atoms with Crippen molar-refractivity contribution >= 4 is 29.1 Å². The number of amides is 3. The molecule has 2 saturated heterocycles. The largest absolute Gasteiger partial charge is 0.344 e. The van der Waals surface area contributed by atoms with Gasteiger partial charge >= 0.3 is 0 Å². The van der Waals surface area contributed by atoms with Gasteiger partial charge in [0.1, 0.15) is 6.04 Å². The summed E-state index contributed by atoms with van der Waals surface area (Å²) in [6.45, 7) is 4.18. The third-order valence-electron chi connectivity index (χ3n) is 5.92. The van der Waals surface area contributed by atoms with Crippen LogP contribution < -0.4 is 5.32 Å². The van der Waals surface area contributed by atoms with Crippen LogP contribution in [0.15, 0.2) is 11.4 Å². The molecule has 2 fully saturated rings. The number of fused-ring (bicyclic) bond motifs is 1. The predicted octanol–water partition coefficient (Wildman–Crippen LogP) is 1.54. The van der Waals surface area contributed by atoms with E-state index in [0.717, 1.165) is 25.8 Å². The molecule has 0 spiro atoms. The average molecular weight is 375 g/mol. The zero-order chi connectivity index (χ0) is 18.3. The highest BCUT2D eigenvalue weighted by Crippen LogP contribution is 2.27. The topological polar surface area (TPSA) is 69.7 Å². The maximum Gasteiger partial charge on any atom is 0.245 e. The van der Waals surface area contributed by atoms with E-state index in [4.69, 9.17) is 0 Å². The molecule has 26 heavy (non-hydrogen) atoms. The van der Waals surface area contributed by atoms with E-state index < -0.39 is 12.0 Å². The van der Waals surface area contributed by atoms with Crippen LogP contribution in [0.25, 0.3) is 0 Å². The van der Waals surface area contributed by atoms with Gasteiger partial charge in [-0.15, -0.1) is 11.3 Å². The van der Waals surface area contributed by atoms with E-state index in [0.29, 0.717) is 19.5 Å². The normalized spacial score (nSPS) is 28.2. The van der Waals surface area contributed by atoms with Crippen LogP contribution in [-0.4, -0.2) is 52.7 Å². The number of thiophene rings is 1. The van der Waals surface area contributed by atoms with Gasteiger partial charge in [-0.25, -0.2) is 0 Å². The van der Waals surface area contributed by atoms with Crippen LogP contribution in [0.5, 0.6) is 0 Å². The van der Waals surface area contributed by atoms with Crippen molar-refractivity contribution < 1.29 is 14.4 Å². The Kier molecular flexibility index (Phi) is 4.73. The predicted molar refractivity (Wildman–Crippen MR) is 98.5 cm³/mol. The minimum absolute atomic E-state index is 0.0131. The van der Waals surface area contributed by atoms with Gasteiger partial charge in [0.05, 0.1) is 0 Å². The number of likely N-dealkylation sites (tertiary alicyclic amines) is 1. The zero-order valence-corrected chi connectivity index (χ0v) is 15.9. The second-order valence-electron chi connectivity index (χ2n) is 7.66. The van der Waals surface area contributed by atoms with Gasteiger partial charge in [-0.05, 0) is 49.6 Å². The van der Waals surface area contributed by atoms with E-state index in [9.17, 15) is 14.4 Å². The molecule has 3 atom stereocenters. The molecule has 3 aliphatic rings. The van der Waals surface area contributed by atoms with E-state index >= 15 is 0 Å². The van der Waals surface area contributed by atoms with Crippen LogP contribution in [0.2, 0.25) is 0 Å². The molecule has 0 aliphatic carbocycles. The molecule has 1 aromatic heterocycles. The Balaban J connectivity index is 1.34. The summed E-state index contributed by atoms with van der Waals surface area (Å²) >= 11 is 1.74. The minimum Gasteiger partial charge on any atom is -0.344 e. The number of hydrogen-bond donors (Lipinski definition) is 1. The maximum atomic E-state index is 12.7. The number of hydrogen-bond acceptors (Lipinski definition) is 4. The molecule has 0 saturated carbocycles. The monoisotopic (exact) mass is 375 g/mol. The molecule has 0 unspecified atom stereocenters. The average Bonchev–Trinajstić information content (AvgIpc) is 3.34. The Bertz CT molecular complexity index is 731. The first kappa shape index (κ1) is 17.5. The van der Waals surface area contributed by atoms with Crippen molar-refractivity contribution in [2.45, 2.75) is 57.7 Å². The molecule has 0 radical (unpaired) electrons. The lowest BCUT2D eigenvalue weighted by Crippen LogP contribution is -2.45. The van der Waals surface area contributed by atoms with Gasteiger partial charge in [0.25, 0.3) is 0 Å². The molecule has 4 heterocycles. The molecule has 3 amide bonds. The van der Waals surface area contributed by atoms with Gasteiger partial charge in [0.15, 0.2) is 0 Å². The summed E-state index contributed by atoms with van der Waals surface area (Å²) in [5.74, 6) is -0.515. The lowest BCUT2D eigenvalue weighted by atomic mass is 9.99. The Morgan fingerprint density at radius 2 is 2.19 bits per heavy atom. The molecule has 0 bridgehead atoms. The number of nitrogens with one attached hydrogen (secondary N) is 1. The standard InChI is InChI=1S/C19H25N3O3S/c1-12-3-2-6-22(12)19(25)15-9-14(18(24)20-15)10-17(23)21-7-4-16-13(11-21)5-8-26-16/h5,8,12,14-15H,2-4,6-7,9-11H2,1H3,(H,20,24)/t12-,14+,15+/m1/s1. The summed E-state index contributed by atoms with van der Waals surface area (Å²) in [5, 5.41) is 4.89. The zero-order valence-electron chi connectivity index (χ0n) is 15.1. The summed E-state index contributed by atoms with van der Waals surface area (Å²) in [6.07, 6.45) is 3.57. The van der Waals surface area contributed by atoms with Gasteiger partial charge in [-0.2, -0.15) is 0 Å². The summed E-state index contributed by atoms with van der Waals surface area (Å²) in [5.41, 5.74) is 1.22. The minimum atomic E-state index is -0.467. The molecule has 7 heteroatoms. The molecular weight excluding hydrogens is 350 g/mol. The quantitative estimate of drug-likeness (QED) is 0.871. The third kappa shape index (κ3) is 3.24. The molecule has 1 N–H and O–H groups in total. The number of rotatable bonds is 3. The first-order chi connectivity index (χ1) is 12.5. The summed E-state index contributed by atoms with van der Waals surface area (Å²) in [7, 11) is 0. The molecular formula is C19H25N3O3S. The SMILES string of the molecule is C[C@@H]1CCCN1C(=O)[C@@H]1C[C@@H](CC(=O)N2CCc3sccc3C2)C(=O)N1. The number of carbonyl (C=O) groups is 3. The van der Waals surface area contributed by atoms with Crippen LogP contribution in [0.4, 0.5) is 0 Å². The second-order valence-corrected chi connectivity index (χ2v) is 8.66. The summed E-state index contributed by atoms with van der Waals surface area (Å²) < 4.78 is 0. The Morgan fingerprint density at radius 1 is 1.35 bits per heavy atom. The van der Waals surface area contributed by atoms with Crippen molar-refractivity contribution in [1.29, 1.82) is 0 Å². The van der Waals surface area contributed by atoms with Crippen molar-refractivity contribution in [1.82, 2.24) is 15.1 Å². The van der Waals surface area contributed by atoms with Gasteiger partial charge in [-0.3, -0.25) is 14.4 Å². The fourth-order valence-corrected chi connectivity index (χ4v) is 5.23. The van der Waals surface area contributed by atoms with Gasteiger partial charge in [-0.1, -0.05) is 0 Å². The number of carbonyl (C=O) groups excluding carboxylic acids is 3. The molecule has 6 nitrogen and oxygen atoms in total. The first-order valence-electron chi connectivity index (χ1n) is 9.47. The number of nitrogens with zero attached hydrogens (tertiary/aromatic N) is 2. The molecule has 4 rings (SSSR count). The molecule has 140 valence electrons. The Morgan fingerprint density at radius 3 is 2.96 bits per heavy atom. The maximum absolute atomic E-state index is 12.7. The lowest BCUT2D eigenvalue weighted by Gasteiger charge is -2.27. The van der Waals surface area contributed by atoms with Crippen LogP contribution >= 0.6 is 11.3 Å². The van der Waals surface area contributed by atoms with E-state index in [1.54, 1.807) is 11.3 Å².